The molecular weight excluding hydrogens is 332 g/mol. The number of rotatable bonds is 5. The van der Waals surface area contributed by atoms with Gasteiger partial charge in [-0.25, -0.2) is 4.79 Å². The Morgan fingerprint density at radius 1 is 1.17 bits per heavy atom. The minimum Gasteiger partial charge on any atom is -0.495 e. The van der Waals surface area contributed by atoms with Crippen LogP contribution in [0.15, 0.2) is 48.5 Å². The molecule has 0 unspecified atom stereocenters. The number of hydrogen-bond donors (Lipinski definition) is 1. The molecule has 0 aliphatic carbocycles. The highest BCUT2D eigenvalue weighted by Gasteiger charge is 2.16. The first-order valence-electron chi connectivity index (χ1n) is 7.11. The van der Waals surface area contributed by atoms with E-state index in [1.54, 1.807) is 42.5 Å². The van der Waals surface area contributed by atoms with Crippen LogP contribution in [-0.2, 0) is 4.79 Å². The Morgan fingerprint density at radius 2 is 1.88 bits per heavy atom. The molecular formula is C17H17ClN2O4. The largest absolute Gasteiger partial charge is 0.495 e. The summed E-state index contributed by atoms with van der Waals surface area (Å²) in [7, 11) is 2.96. The van der Waals surface area contributed by atoms with Gasteiger partial charge in [0, 0.05) is 12.1 Å². The quantitative estimate of drug-likeness (QED) is 0.899. The van der Waals surface area contributed by atoms with Crippen LogP contribution in [0.1, 0.15) is 0 Å². The molecule has 2 aromatic rings. The van der Waals surface area contributed by atoms with Crippen molar-refractivity contribution in [1.29, 1.82) is 0 Å². The van der Waals surface area contributed by atoms with Crippen molar-refractivity contribution in [1.82, 2.24) is 4.90 Å². The number of carbonyl (C=O) groups is 2. The molecule has 0 radical (unpaired) electrons. The van der Waals surface area contributed by atoms with Gasteiger partial charge in [-0.1, -0.05) is 29.8 Å². The van der Waals surface area contributed by atoms with Crippen molar-refractivity contribution in [3.05, 3.63) is 53.6 Å². The number of hydrogen-bond acceptors (Lipinski definition) is 4. The lowest BCUT2D eigenvalue weighted by molar-refractivity contribution is -0.116. The summed E-state index contributed by atoms with van der Waals surface area (Å²) in [5.41, 5.74) is 0.430. The number of benzene rings is 2. The van der Waals surface area contributed by atoms with E-state index >= 15 is 0 Å². The molecule has 2 rings (SSSR count). The van der Waals surface area contributed by atoms with Crippen LogP contribution in [-0.4, -0.2) is 37.6 Å². The maximum Gasteiger partial charge on any atom is 0.415 e. The van der Waals surface area contributed by atoms with Crippen LogP contribution in [0, 0.1) is 0 Å². The minimum atomic E-state index is -0.630. The van der Waals surface area contributed by atoms with E-state index in [-0.39, 0.29) is 6.54 Å². The van der Waals surface area contributed by atoms with E-state index in [0.717, 1.165) is 0 Å². The predicted molar refractivity (Wildman–Crippen MR) is 91.7 cm³/mol. The fourth-order valence-electron chi connectivity index (χ4n) is 1.91. The molecule has 6 nitrogen and oxygen atoms in total. The van der Waals surface area contributed by atoms with Crippen LogP contribution >= 0.6 is 11.6 Å². The van der Waals surface area contributed by atoms with Gasteiger partial charge in [0.05, 0.1) is 12.8 Å². The highest BCUT2D eigenvalue weighted by molar-refractivity contribution is 6.31. The van der Waals surface area contributed by atoms with E-state index in [4.69, 9.17) is 21.1 Å². The SMILES string of the molecule is COc1ccc(Cl)cc1NC(=O)CN(C)C(=O)Oc1ccccc1. The third-order valence-electron chi connectivity index (χ3n) is 3.08. The molecule has 126 valence electrons. The Labute approximate surface area is 144 Å². The topological polar surface area (TPSA) is 67.9 Å². The molecule has 2 aromatic carbocycles. The highest BCUT2D eigenvalue weighted by Crippen LogP contribution is 2.27. The van der Waals surface area contributed by atoms with Gasteiger partial charge in [0.1, 0.15) is 18.0 Å². The Balaban J connectivity index is 1.94. The van der Waals surface area contributed by atoms with Crippen LogP contribution in [0.4, 0.5) is 10.5 Å². The van der Waals surface area contributed by atoms with E-state index in [0.29, 0.717) is 22.2 Å². The first-order valence-corrected chi connectivity index (χ1v) is 7.49. The van der Waals surface area contributed by atoms with E-state index in [9.17, 15) is 9.59 Å². The smallest absolute Gasteiger partial charge is 0.415 e. The second-order valence-electron chi connectivity index (χ2n) is 4.93. The van der Waals surface area contributed by atoms with Crippen molar-refractivity contribution in [3.63, 3.8) is 0 Å². The Hall–Kier alpha value is -2.73. The van der Waals surface area contributed by atoms with Gasteiger partial charge < -0.3 is 19.7 Å². The summed E-state index contributed by atoms with van der Waals surface area (Å²) in [4.78, 5) is 25.2. The van der Waals surface area contributed by atoms with Crippen LogP contribution in [0.2, 0.25) is 5.02 Å². The number of carbonyl (C=O) groups excluding carboxylic acids is 2. The van der Waals surface area contributed by atoms with Crippen LogP contribution < -0.4 is 14.8 Å². The molecule has 0 fully saturated rings. The van der Waals surface area contributed by atoms with E-state index in [2.05, 4.69) is 5.32 Å². The minimum absolute atomic E-state index is 0.179. The fourth-order valence-corrected chi connectivity index (χ4v) is 2.09. The molecule has 0 aliphatic heterocycles. The normalized spacial score (nSPS) is 9.96. The molecule has 0 saturated heterocycles. The number of halogens is 1. The van der Waals surface area contributed by atoms with Crippen LogP contribution in [0.3, 0.4) is 0 Å². The Bertz CT molecular complexity index is 722. The first-order chi connectivity index (χ1) is 11.5. The molecule has 0 aromatic heterocycles. The molecule has 0 heterocycles. The summed E-state index contributed by atoms with van der Waals surface area (Å²) in [6.45, 7) is -0.179. The monoisotopic (exact) mass is 348 g/mol. The molecule has 24 heavy (non-hydrogen) atoms. The lowest BCUT2D eigenvalue weighted by Crippen LogP contribution is -2.36. The number of nitrogens with one attached hydrogen (secondary N) is 1. The summed E-state index contributed by atoms with van der Waals surface area (Å²) in [5.74, 6) is 0.483. The third kappa shape index (κ3) is 4.89. The molecule has 0 aliphatic rings. The van der Waals surface area contributed by atoms with Gasteiger partial charge in [-0.15, -0.1) is 0 Å². The molecule has 1 N–H and O–H groups in total. The van der Waals surface area contributed by atoms with Gasteiger partial charge in [0.25, 0.3) is 0 Å². The molecule has 0 bridgehead atoms. The molecule has 0 spiro atoms. The van der Waals surface area contributed by atoms with Crippen molar-refractivity contribution in [3.8, 4) is 11.5 Å². The molecule has 7 heteroatoms. The summed E-state index contributed by atoms with van der Waals surface area (Å²) in [5, 5.41) is 3.12. The van der Waals surface area contributed by atoms with Gasteiger partial charge >= 0.3 is 6.09 Å². The van der Waals surface area contributed by atoms with Gasteiger partial charge in [-0.2, -0.15) is 0 Å². The summed E-state index contributed by atoms with van der Waals surface area (Å²) in [6, 6.07) is 13.5. The van der Waals surface area contributed by atoms with Crippen molar-refractivity contribution in [2.75, 3.05) is 26.0 Å². The second kappa shape index (κ2) is 8.21. The zero-order valence-corrected chi connectivity index (χ0v) is 14.0. The number of anilines is 1. The number of para-hydroxylation sites is 1. The Kier molecular flexibility index (Phi) is 6.03. The van der Waals surface area contributed by atoms with Crippen molar-refractivity contribution >= 4 is 29.3 Å². The average molecular weight is 349 g/mol. The molecule has 2 amide bonds. The zero-order valence-electron chi connectivity index (χ0n) is 13.3. The van der Waals surface area contributed by atoms with Gasteiger partial charge in [0.15, 0.2) is 0 Å². The summed E-state index contributed by atoms with van der Waals surface area (Å²) >= 11 is 5.91. The second-order valence-corrected chi connectivity index (χ2v) is 5.37. The zero-order chi connectivity index (χ0) is 17.5. The summed E-state index contributed by atoms with van der Waals surface area (Å²) in [6.07, 6.45) is -0.630. The average Bonchev–Trinajstić information content (AvgIpc) is 2.55. The fraction of sp³-hybridized carbons (Fsp3) is 0.176. The first kappa shape index (κ1) is 17.6. The van der Waals surface area contributed by atoms with Gasteiger partial charge in [-0.3, -0.25) is 4.79 Å². The van der Waals surface area contributed by atoms with Crippen molar-refractivity contribution < 1.29 is 19.1 Å². The van der Waals surface area contributed by atoms with Gasteiger partial charge in [-0.05, 0) is 30.3 Å². The lowest BCUT2D eigenvalue weighted by Gasteiger charge is -2.17. The van der Waals surface area contributed by atoms with Gasteiger partial charge in [0.2, 0.25) is 5.91 Å². The highest BCUT2D eigenvalue weighted by atomic mass is 35.5. The van der Waals surface area contributed by atoms with Crippen LogP contribution in [0.5, 0.6) is 11.5 Å². The Morgan fingerprint density at radius 3 is 2.54 bits per heavy atom. The summed E-state index contributed by atoms with van der Waals surface area (Å²) < 4.78 is 10.3. The van der Waals surface area contributed by atoms with Crippen molar-refractivity contribution in [2.24, 2.45) is 0 Å². The maximum absolute atomic E-state index is 12.1. The van der Waals surface area contributed by atoms with Crippen LogP contribution in [0.25, 0.3) is 0 Å². The number of nitrogens with zero attached hydrogens (tertiary/aromatic N) is 1. The maximum atomic E-state index is 12.1. The molecule has 0 atom stereocenters. The van der Waals surface area contributed by atoms with E-state index in [1.165, 1.54) is 19.1 Å². The number of likely N-dealkylation sites (N-methyl/N-ethyl adjacent to an activating group) is 1. The molecule has 0 saturated carbocycles. The van der Waals surface area contributed by atoms with Crippen molar-refractivity contribution in [2.45, 2.75) is 0 Å². The number of ether oxygens (including phenoxy) is 2. The van der Waals surface area contributed by atoms with E-state index < -0.39 is 12.0 Å². The number of amides is 2. The standard InChI is InChI=1S/C17H17ClN2O4/c1-20(17(22)24-13-6-4-3-5-7-13)11-16(21)19-14-10-12(18)8-9-15(14)23-2/h3-10H,11H2,1-2H3,(H,19,21). The van der Waals surface area contributed by atoms with E-state index in [1.807, 2.05) is 6.07 Å². The third-order valence-corrected chi connectivity index (χ3v) is 3.31. The lowest BCUT2D eigenvalue weighted by atomic mass is 10.3. The predicted octanol–water partition coefficient (Wildman–Crippen LogP) is 3.42. The number of methoxy groups -OCH3 is 1.